The topological polar surface area (TPSA) is 57.3 Å². The summed E-state index contributed by atoms with van der Waals surface area (Å²) in [5.74, 6) is -0.0526. The molecule has 20 heavy (non-hydrogen) atoms. The average molecular weight is 278 g/mol. The maximum Gasteiger partial charge on any atom is 0.253 e. The van der Waals surface area contributed by atoms with Crippen molar-refractivity contribution in [2.24, 2.45) is 0 Å². The lowest BCUT2D eigenvalue weighted by molar-refractivity contribution is 0.0948. The maximum absolute atomic E-state index is 12.2. The standard InChI is InChI=1S/C15H26N4O/c1-5-7-17-14-11-16-8-6-13(14)15(20)18-9-10-19(4)12(2)3/h6,8,11-12,17H,5,7,9-10H2,1-4H3,(H,18,20). The number of carbonyl (C=O) groups is 1. The first kappa shape index (κ1) is 16.4. The first-order valence-corrected chi connectivity index (χ1v) is 7.22. The SMILES string of the molecule is CCCNc1cnccc1C(=O)NCCN(C)C(C)C. The number of likely N-dealkylation sites (N-methyl/N-ethyl adjacent to an activating group) is 1. The molecule has 1 rings (SSSR count). The van der Waals surface area contributed by atoms with E-state index in [1.807, 2.05) is 0 Å². The highest BCUT2D eigenvalue weighted by Crippen LogP contribution is 2.13. The van der Waals surface area contributed by atoms with Gasteiger partial charge in [-0.3, -0.25) is 9.78 Å². The molecule has 1 aromatic heterocycles. The predicted molar refractivity (Wildman–Crippen MR) is 83.1 cm³/mol. The van der Waals surface area contributed by atoms with Crippen LogP contribution in [-0.2, 0) is 0 Å². The van der Waals surface area contributed by atoms with Crippen LogP contribution in [0.25, 0.3) is 0 Å². The van der Waals surface area contributed by atoms with Crippen LogP contribution in [0.15, 0.2) is 18.5 Å². The second-order valence-electron chi connectivity index (χ2n) is 5.18. The summed E-state index contributed by atoms with van der Waals surface area (Å²) in [4.78, 5) is 18.4. The van der Waals surface area contributed by atoms with Crippen LogP contribution < -0.4 is 10.6 Å². The number of anilines is 1. The Morgan fingerprint density at radius 2 is 2.15 bits per heavy atom. The zero-order chi connectivity index (χ0) is 15.0. The molecule has 0 spiro atoms. The molecule has 0 aromatic carbocycles. The summed E-state index contributed by atoms with van der Waals surface area (Å²) in [6.45, 7) is 8.68. The van der Waals surface area contributed by atoms with Gasteiger partial charge in [0.15, 0.2) is 0 Å². The molecule has 0 aliphatic heterocycles. The Bertz CT molecular complexity index is 420. The summed E-state index contributed by atoms with van der Waals surface area (Å²) in [6, 6.07) is 2.23. The molecule has 112 valence electrons. The first-order chi connectivity index (χ1) is 9.56. The molecule has 1 heterocycles. The number of carbonyl (C=O) groups excluding carboxylic acids is 1. The van der Waals surface area contributed by atoms with Gasteiger partial charge in [-0.05, 0) is 33.4 Å². The third-order valence-corrected chi connectivity index (χ3v) is 3.26. The molecule has 0 bridgehead atoms. The van der Waals surface area contributed by atoms with E-state index in [2.05, 4.69) is 48.3 Å². The third-order valence-electron chi connectivity index (χ3n) is 3.26. The van der Waals surface area contributed by atoms with Crippen molar-refractivity contribution in [3.05, 3.63) is 24.0 Å². The molecule has 0 aliphatic carbocycles. The summed E-state index contributed by atoms with van der Waals surface area (Å²) < 4.78 is 0. The Morgan fingerprint density at radius 1 is 1.40 bits per heavy atom. The van der Waals surface area contributed by atoms with Crippen molar-refractivity contribution < 1.29 is 4.79 Å². The highest BCUT2D eigenvalue weighted by Gasteiger charge is 2.11. The number of pyridine rings is 1. The number of hydrogen-bond donors (Lipinski definition) is 2. The molecule has 0 aliphatic rings. The average Bonchev–Trinajstić information content (AvgIpc) is 2.45. The highest BCUT2D eigenvalue weighted by molar-refractivity contribution is 5.99. The lowest BCUT2D eigenvalue weighted by Crippen LogP contribution is -2.36. The van der Waals surface area contributed by atoms with Crippen LogP contribution >= 0.6 is 0 Å². The van der Waals surface area contributed by atoms with Gasteiger partial charge in [0.25, 0.3) is 5.91 Å². The third kappa shape index (κ3) is 5.17. The van der Waals surface area contributed by atoms with Crippen molar-refractivity contribution >= 4 is 11.6 Å². The van der Waals surface area contributed by atoms with E-state index < -0.39 is 0 Å². The van der Waals surface area contributed by atoms with E-state index in [-0.39, 0.29) is 5.91 Å². The summed E-state index contributed by atoms with van der Waals surface area (Å²) >= 11 is 0. The van der Waals surface area contributed by atoms with Crippen molar-refractivity contribution in [1.29, 1.82) is 0 Å². The van der Waals surface area contributed by atoms with Gasteiger partial charge in [-0.15, -0.1) is 0 Å². The van der Waals surface area contributed by atoms with Crippen LogP contribution in [0.4, 0.5) is 5.69 Å². The normalized spacial score (nSPS) is 10.9. The first-order valence-electron chi connectivity index (χ1n) is 7.22. The summed E-state index contributed by atoms with van der Waals surface area (Å²) in [7, 11) is 2.05. The van der Waals surface area contributed by atoms with Crippen LogP contribution in [0.5, 0.6) is 0 Å². The number of amides is 1. The maximum atomic E-state index is 12.2. The largest absolute Gasteiger partial charge is 0.383 e. The minimum absolute atomic E-state index is 0.0526. The molecule has 5 heteroatoms. The Balaban J connectivity index is 2.54. The van der Waals surface area contributed by atoms with Crippen LogP contribution in [-0.4, -0.2) is 48.5 Å². The smallest absolute Gasteiger partial charge is 0.253 e. The predicted octanol–water partition coefficient (Wildman–Crippen LogP) is 1.97. The van der Waals surface area contributed by atoms with Crippen molar-refractivity contribution in [1.82, 2.24) is 15.2 Å². The molecule has 1 aromatic rings. The van der Waals surface area contributed by atoms with Gasteiger partial charge in [0.05, 0.1) is 17.4 Å². The zero-order valence-electron chi connectivity index (χ0n) is 12.9. The van der Waals surface area contributed by atoms with Crippen LogP contribution in [0.1, 0.15) is 37.6 Å². The van der Waals surface area contributed by atoms with E-state index in [1.54, 1.807) is 18.5 Å². The molecular weight excluding hydrogens is 252 g/mol. The summed E-state index contributed by atoms with van der Waals surface area (Å²) in [6.07, 6.45) is 4.35. The Morgan fingerprint density at radius 3 is 2.80 bits per heavy atom. The van der Waals surface area contributed by atoms with Crippen LogP contribution in [0, 0.1) is 0 Å². The van der Waals surface area contributed by atoms with Gasteiger partial charge in [0.2, 0.25) is 0 Å². The van der Waals surface area contributed by atoms with Crippen molar-refractivity contribution in [2.45, 2.75) is 33.2 Å². The second kappa shape index (κ2) is 8.53. The van der Waals surface area contributed by atoms with Gasteiger partial charge in [0, 0.05) is 31.9 Å². The molecule has 0 radical (unpaired) electrons. The van der Waals surface area contributed by atoms with Crippen LogP contribution in [0.3, 0.4) is 0 Å². The molecule has 0 atom stereocenters. The molecule has 2 N–H and O–H groups in total. The number of nitrogens with zero attached hydrogens (tertiary/aromatic N) is 2. The molecule has 1 amide bonds. The van der Waals surface area contributed by atoms with E-state index in [4.69, 9.17) is 0 Å². The summed E-state index contributed by atoms with van der Waals surface area (Å²) in [5.41, 5.74) is 1.45. The van der Waals surface area contributed by atoms with Gasteiger partial charge in [-0.25, -0.2) is 0 Å². The van der Waals surface area contributed by atoms with E-state index in [0.29, 0.717) is 18.2 Å². The van der Waals surface area contributed by atoms with Gasteiger partial charge in [-0.1, -0.05) is 6.92 Å². The Hall–Kier alpha value is -1.62. The number of aromatic nitrogens is 1. The van der Waals surface area contributed by atoms with Crippen molar-refractivity contribution in [3.63, 3.8) is 0 Å². The number of nitrogens with one attached hydrogen (secondary N) is 2. The Labute approximate surface area is 121 Å². The quantitative estimate of drug-likeness (QED) is 0.763. The highest BCUT2D eigenvalue weighted by atomic mass is 16.1. The van der Waals surface area contributed by atoms with Gasteiger partial charge >= 0.3 is 0 Å². The molecular formula is C15H26N4O. The van der Waals surface area contributed by atoms with Gasteiger partial charge in [0.1, 0.15) is 0 Å². The summed E-state index contributed by atoms with van der Waals surface area (Å²) in [5, 5.41) is 6.18. The Kier molecular flexibility index (Phi) is 7.01. The lowest BCUT2D eigenvalue weighted by Gasteiger charge is -2.21. The van der Waals surface area contributed by atoms with Crippen LogP contribution in [0.2, 0.25) is 0 Å². The zero-order valence-corrected chi connectivity index (χ0v) is 12.9. The van der Waals surface area contributed by atoms with E-state index in [1.165, 1.54) is 0 Å². The van der Waals surface area contributed by atoms with E-state index >= 15 is 0 Å². The van der Waals surface area contributed by atoms with Gasteiger partial charge in [-0.2, -0.15) is 0 Å². The monoisotopic (exact) mass is 278 g/mol. The molecule has 0 saturated heterocycles. The molecule has 0 unspecified atom stereocenters. The fraction of sp³-hybridized carbons (Fsp3) is 0.600. The molecule has 0 fully saturated rings. The fourth-order valence-electron chi connectivity index (χ4n) is 1.69. The molecule has 5 nitrogen and oxygen atoms in total. The van der Waals surface area contributed by atoms with Crippen molar-refractivity contribution in [3.8, 4) is 0 Å². The number of hydrogen-bond acceptors (Lipinski definition) is 4. The lowest BCUT2D eigenvalue weighted by atomic mass is 10.2. The second-order valence-corrected chi connectivity index (χ2v) is 5.18. The van der Waals surface area contributed by atoms with Gasteiger partial charge < -0.3 is 15.5 Å². The van der Waals surface area contributed by atoms with E-state index in [9.17, 15) is 4.79 Å². The molecule has 0 saturated carbocycles. The minimum atomic E-state index is -0.0526. The minimum Gasteiger partial charge on any atom is -0.383 e. The van der Waals surface area contributed by atoms with E-state index in [0.717, 1.165) is 25.2 Å². The van der Waals surface area contributed by atoms with Crippen molar-refractivity contribution in [2.75, 3.05) is 32.0 Å². The number of rotatable bonds is 8. The fourth-order valence-corrected chi connectivity index (χ4v) is 1.69.